The number of hydrogen-bond acceptors (Lipinski definition) is 2. The lowest BCUT2D eigenvalue weighted by molar-refractivity contribution is 0.316. The molecule has 1 aromatic carbocycles. The van der Waals surface area contributed by atoms with Gasteiger partial charge >= 0.3 is 0 Å². The minimum Gasteiger partial charge on any atom is -0.493 e. The molecule has 1 rings (SSSR count). The molecule has 2 nitrogen and oxygen atoms in total. The van der Waals surface area contributed by atoms with Crippen LogP contribution in [0.2, 0.25) is 0 Å². The van der Waals surface area contributed by atoms with E-state index in [0.29, 0.717) is 12.4 Å². The minimum atomic E-state index is -0.722. The largest absolute Gasteiger partial charge is 0.493 e. The fraction of sp³-hybridized carbons (Fsp3) is 0.455. The lowest BCUT2D eigenvalue weighted by atomic mass is 10.2. The first-order valence-electron chi connectivity index (χ1n) is 4.79. The van der Waals surface area contributed by atoms with Gasteiger partial charge in [-0.2, -0.15) is 0 Å². The predicted molar refractivity (Wildman–Crippen MR) is 67.9 cm³/mol. The van der Waals surface area contributed by atoms with E-state index in [-0.39, 0.29) is 0 Å². The van der Waals surface area contributed by atoms with E-state index in [2.05, 4.69) is 15.9 Å². The Balaban J connectivity index is 2.44. The number of hydrogen-bond donors (Lipinski definition) is 0. The molecule has 1 aromatic rings. The van der Waals surface area contributed by atoms with Gasteiger partial charge < -0.3 is 4.74 Å². The first-order valence-corrected chi connectivity index (χ1v) is 7.31. The topological polar surface area (TPSA) is 26.3 Å². The fourth-order valence-electron chi connectivity index (χ4n) is 1.19. The van der Waals surface area contributed by atoms with E-state index in [1.165, 1.54) is 0 Å². The van der Waals surface area contributed by atoms with E-state index in [1.807, 2.05) is 25.1 Å². The standard InChI is InChI=1S/C11H15BrO2S/c1-9-10(12)5-3-6-11(9)14-7-4-8-15(2)13/h3,5-6H,4,7-8H2,1-2H3. The van der Waals surface area contributed by atoms with Crippen LogP contribution in [0.15, 0.2) is 22.7 Å². The Morgan fingerprint density at radius 1 is 1.47 bits per heavy atom. The molecule has 0 aromatic heterocycles. The van der Waals surface area contributed by atoms with Gasteiger partial charge in [0.2, 0.25) is 0 Å². The molecule has 0 aliphatic rings. The normalized spacial score (nSPS) is 12.5. The van der Waals surface area contributed by atoms with Crippen molar-refractivity contribution < 1.29 is 8.95 Å². The smallest absolute Gasteiger partial charge is 0.123 e. The molecule has 84 valence electrons. The molecule has 0 aliphatic carbocycles. The van der Waals surface area contributed by atoms with Gasteiger partial charge in [-0.25, -0.2) is 0 Å². The van der Waals surface area contributed by atoms with E-state index < -0.39 is 10.8 Å². The summed E-state index contributed by atoms with van der Waals surface area (Å²) in [7, 11) is -0.722. The second-order valence-corrected chi connectivity index (χ2v) is 5.75. The van der Waals surface area contributed by atoms with E-state index >= 15 is 0 Å². The van der Waals surface area contributed by atoms with Crippen LogP contribution in [0.5, 0.6) is 5.75 Å². The molecule has 0 saturated carbocycles. The predicted octanol–water partition coefficient (Wildman–Crippen LogP) is 2.90. The van der Waals surface area contributed by atoms with E-state index in [9.17, 15) is 4.21 Å². The zero-order valence-electron chi connectivity index (χ0n) is 8.96. The number of halogens is 1. The molecule has 1 unspecified atom stereocenters. The third-order valence-corrected chi connectivity index (χ3v) is 3.77. The van der Waals surface area contributed by atoms with Gasteiger partial charge in [0.05, 0.1) is 6.61 Å². The third kappa shape index (κ3) is 4.34. The van der Waals surface area contributed by atoms with Crippen LogP contribution in [0.25, 0.3) is 0 Å². The van der Waals surface area contributed by atoms with Gasteiger partial charge in [-0.1, -0.05) is 22.0 Å². The SMILES string of the molecule is Cc1c(Br)cccc1OCCCS(C)=O. The second kappa shape index (κ2) is 6.28. The number of rotatable bonds is 5. The maximum Gasteiger partial charge on any atom is 0.123 e. The first-order chi connectivity index (χ1) is 7.11. The summed E-state index contributed by atoms with van der Waals surface area (Å²) >= 11 is 3.45. The van der Waals surface area contributed by atoms with Crippen molar-refractivity contribution in [1.29, 1.82) is 0 Å². The molecule has 0 aliphatic heterocycles. The molecular weight excluding hydrogens is 276 g/mol. The fourth-order valence-corrected chi connectivity index (χ4v) is 2.06. The molecule has 0 radical (unpaired) electrons. The van der Waals surface area contributed by atoms with Crippen LogP contribution < -0.4 is 4.74 Å². The van der Waals surface area contributed by atoms with Gasteiger partial charge in [-0.15, -0.1) is 0 Å². The maximum absolute atomic E-state index is 10.8. The summed E-state index contributed by atoms with van der Waals surface area (Å²) in [5.74, 6) is 1.60. The molecule has 0 bridgehead atoms. The zero-order valence-corrected chi connectivity index (χ0v) is 11.4. The molecule has 0 saturated heterocycles. The summed E-state index contributed by atoms with van der Waals surface area (Å²) in [6.45, 7) is 2.63. The van der Waals surface area contributed by atoms with Gasteiger partial charge in [0.25, 0.3) is 0 Å². The van der Waals surface area contributed by atoms with E-state index in [4.69, 9.17) is 4.74 Å². The molecule has 0 fully saturated rings. The Kier molecular flexibility index (Phi) is 5.32. The van der Waals surface area contributed by atoms with Crippen LogP contribution in [0.3, 0.4) is 0 Å². The van der Waals surface area contributed by atoms with Crippen molar-refractivity contribution in [2.75, 3.05) is 18.6 Å². The Labute approximate surface area is 102 Å². The van der Waals surface area contributed by atoms with Gasteiger partial charge in [0, 0.05) is 32.8 Å². The Hall–Kier alpha value is -0.350. The lowest BCUT2D eigenvalue weighted by Crippen LogP contribution is -2.04. The number of benzene rings is 1. The van der Waals surface area contributed by atoms with Crippen molar-refractivity contribution in [1.82, 2.24) is 0 Å². The lowest BCUT2D eigenvalue weighted by Gasteiger charge is -2.09. The van der Waals surface area contributed by atoms with Crippen molar-refractivity contribution in [2.45, 2.75) is 13.3 Å². The second-order valence-electron chi connectivity index (χ2n) is 3.34. The van der Waals surface area contributed by atoms with Crippen LogP contribution in [0.4, 0.5) is 0 Å². The van der Waals surface area contributed by atoms with Crippen molar-refractivity contribution in [3.8, 4) is 5.75 Å². The molecular formula is C11H15BrO2S. The summed E-state index contributed by atoms with van der Waals surface area (Å²) in [6, 6.07) is 5.89. The molecule has 1 atom stereocenters. The van der Waals surface area contributed by atoms with Crippen LogP contribution >= 0.6 is 15.9 Å². The Bertz CT molecular complexity index is 352. The summed E-state index contributed by atoms with van der Waals surface area (Å²) in [5, 5.41) is 0. The van der Waals surface area contributed by atoms with Gasteiger partial charge in [0.15, 0.2) is 0 Å². The third-order valence-electron chi connectivity index (χ3n) is 2.05. The Morgan fingerprint density at radius 2 is 2.20 bits per heavy atom. The van der Waals surface area contributed by atoms with Crippen molar-refractivity contribution >= 4 is 26.7 Å². The Morgan fingerprint density at radius 3 is 2.87 bits per heavy atom. The van der Waals surface area contributed by atoms with Crippen molar-refractivity contribution in [2.24, 2.45) is 0 Å². The summed E-state index contributed by atoms with van der Waals surface area (Å²) in [4.78, 5) is 0. The minimum absolute atomic E-state index is 0.622. The van der Waals surface area contributed by atoms with Crippen molar-refractivity contribution in [3.63, 3.8) is 0 Å². The van der Waals surface area contributed by atoms with Crippen LogP contribution in [-0.2, 0) is 10.8 Å². The van der Waals surface area contributed by atoms with Crippen LogP contribution in [0.1, 0.15) is 12.0 Å². The van der Waals surface area contributed by atoms with Crippen LogP contribution in [0, 0.1) is 6.92 Å². The summed E-state index contributed by atoms with van der Waals surface area (Å²) < 4.78 is 17.5. The molecule has 0 amide bonds. The van der Waals surface area contributed by atoms with Crippen molar-refractivity contribution in [3.05, 3.63) is 28.2 Å². The highest BCUT2D eigenvalue weighted by Gasteiger charge is 2.02. The van der Waals surface area contributed by atoms with Gasteiger partial charge in [-0.3, -0.25) is 4.21 Å². The van der Waals surface area contributed by atoms with Gasteiger partial charge in [0.1, 0.15) is 5.75 Å². The highest BCUT2D eigenvalue weighted by Crippen LogP contribution is 2.25. The van der Waals surface area contributed by atoms with E-state index in [1.54, 1.807) is 6.26 Å². The zero-order chi connectivity index (χ0) is 11.3. The quantitative estimate of drug-likeness (QED) is 0.780. The summed E-state index contributed by atoms with van der Waals surface area (Å²) in [6.07, 6.45) is 2.54. The molecule has 4 heteroatoms. The van der Waals surface area contributed by atoms with Gasteiger partial charge in [-0.05, 0) is 25.5 Å². The highest BCUT2D eigenvalue weighted by atomic mass is 79.9. The maximum atomic E-state index is 10.8. The summed E-state index contributed by atoms with van der Waals surface area (Å²) in [5.41, 5.74) is 1.11. The first kappa shape index (κ1) is 12.7. The average molecular weight is 291 g/mol. The molecule has 0 heterocycles. The average Bonchev–Trinajstić information content (AvgIpc) is 2.18. The molecule has 15 heavy (non-hydrogen) atoms. The van der Waals surface area contributed by atoms with Crippen LogP contribution in [-0.4, -0.2) is 22.8 Å². The number of ether oxygens (including phenoxy) is 1. The monoisotopic (exact) mass is 290 g/mol. The molecule has 0 N–H and O–H groups in total. The van der Waals surface area contributed by atoms with E-state index in [0.717, 1.165) is 22.2 Å². The highest BCUT2D eigenvalue weighted by molar-refractivity contribution is 9.10. The molecule has 0 spiro atoms.